The van der Waals surface area contributed by atoms with Gasteiger partial charge in [-0.2, -0.15) is 0 Å². The normalized spacial score (nSPS) is 12.4. The van der Waals surface area contributed by atoms with E-state index in [0.29, 0.717) is 0 Å². The predicted molar refractivity (Wildman–Crippen MR) is 68.3 cm³/mol. The molecule has 3 nitrogen and oxygen atoms in total. The maximum Gasteiger partial charge on any atom is 0.311 e. The highest BCUT2D eigenvalue weighted by atomic mass is 32.1. The van der Waals surface area contributed by atoms with Gasteiger partial charge in [0.1, 0.15) is 5.01 Å². The van der Waals surface area contributed by atoms with Crippen molar-refractivity contribution >= 4 is 17.3 Å². The Bertz CT molecular complexity index is 534. The molecule has 2 rings (SSSR count). The molecule has 1 N–H and O–H groups in total. The second-order valence-electron chi connectivity index (χ2n) is 3.89. The second-order valence-corrected chi connectivity index (χ2v) is 4.93. The Morgan fingerprint density at radius 1 is 1.35 bits per heavy atom. The van der Waals surface area contributed by atoms with Crippen molar-refractivity contribution in [2.45, 2.75) is 19.8 Å². The second kappa shape index (κ2) is 4.67. The van der Waals surface area contributed by atoms with Crippen molar-refractivity contribution in [2.24, 2.45) is 0 Å². The Morgan fingerprint density at radius 2 is 2.00 bits per heavy atom. The number of aromatic nitrogens is 1. The van der Waals surface area contributed by atoms with E-state index in [2.05, 4.69) is 4.98 Å². The van der Waals surface area contributed by atoms with Crippen molar-refractivity contribution in [1.82, 2.24) is 4.98 Å². The standard InChI is InChI=1S/C13H13NO2S/c1-8(13(15)16)11-9(2)14-12(17-11)10-6-4-3-5-7-10/h3-8H,1-2H3,(H,15,16). The number of benzene rings is 1. The smallest absolute Gasteiger partial charge is 0.311 e. The van der Waals surface area contributed by atoms with Gasteiger partial charge in [-0.25, -0.2) is 4.98 Å². The minimum absolute atomic E-state index is 0.495. The lowest BCUT2D eigenvalue weighted by atomic mass is 10.1. The van der Waals surface area contributed by atoms with Crippen LogP contribution in [0.5, 0.6) is 0 Å². The Balaban J connectivity index is 2.41. The van der Waals surface area contributed by atoms with Gasteiger partial charge < -0.3 is 5.11 Å². The maximum atomic E-state index is 11.0. The number of hydrogen-bond donors (Lipinski definition) is 1. The molecule has 1 atom stereocenters. The summed E-state index contributed by atoms with van der Waals surface area (Å²) in [6.07, 6.45) is 0. The summed E-state index contributed by atoms with van der Waals surface area (Å²) in [5, 5.41) is 9.90. The van der Waals surface area contributed by atoms with Crippen LogP contribution in [0.15, 0.2) is 30.3 Å². The molecular weight excluding hydrogens is 234 g/mol. The molecule has 0 amide bonds. The summed E-state index contributed by atoms with van der Waals surface area (Å²) >= 11 is 1.46. The van der Waals surface area contributed by atoms with Crippen molar-refractivity contribution in [3.05, 3.63) is 40.9 Å². The van der Waals surface area contributed by atoms with Gasteiger partial charge in [0.2, 0.25) is 0 Å². The molecule has 0 fully saturated rings. The number of hydrogen-bond acceptors (Lipinski definition) is 3. The number of thiazole rings is 1. The first-order valence-electron chi connectivity index (χ1n) is 5.35. The highest BCUT2D eigenvalue weighted by Crippen LogP contribution is 2.32. The fraction of sp³-hybridized carbons (Fsp3) is 0.231. The summed E-state index contributed by atoms with van der Waals surface area (Å²) < 4.78 is 0. The molecular formula is C13H13NO2S. The van der Waals surface area contributed by atoms with Crippen LogP contribution < -0.4 is 0 Å². The van der Waals surface area contributed by atoms with Gasteiger partial charge in [0.25, 0.3) is 0 Å². The van der Waals surface area contributed by atoms with Crippen LogP contribution in [0, 0.1) is 6.92 Å². The van der Waals surface area contributed by atoms with Crippen LogP contribution in [0.4, 0.5) is 0 Å². The van der Waals surface area contributed by atoms with Crippen LogP contribution in [-0.4, -0.2) is 16.1 Å². The van der Waals surface area contributed by atoms with Crippen molar-refractivity contribution in [3.8, 4) is 10.6 Å². The molecule has 0 aliphatic carbocycles. The van der Waals surface area contributed by atoms with Gasteiger partial charge in [-0.1, -0.05) is 30.3 Å². The topological polar surface area (TPSA) is 50.2 Å². The highest BCUT2D eigenvalue weighted by Gasteiger charge is 2.20. The van der Waals surface area contributed by atoms with Crippen LogP contribution in [0.1, 0.15) is 23.4 Å². The van der Waals surface area contributed by atoms with E-state index in [-0.39, 0.29) is 0 Å². The number of rotatable bonds is 3. The van der Waals surface area contributed by atoms with Crippen LogP contribution >= 0.6 is 11.3 Å². The van der Waals surface area contributed by atoms with Crippen LogP contribution in [0.2, 0.25) is 0 Å². The van der Waals surface area contributed by atoms with Crippen LogP contribution in [0.3, 0.4) is 0 Å². The molecule has 0 saturated carbocycles. The first kappa shape index (κ1) is 11.8. The molecule has 1 aromatic carbocycles. The van der Waals surface area contributed by atoms with Crippen LogP contribution in [-0.2, 0) is 4.79 Å². The SMILES string of the molecule is Cc1nc(-c2ccccc2)sc1C(C)C(=O)O. The fourth-order valence-corrected chi connectivity index (χ4v) is 2.74. The Kier molecular flexibility index (Phi) is 3.24. The van der Waals surface area contributed by atoms with Gasteiger partial charge in [0.05, 0.1) is 11.6 Å². The van der Waals surface area contributed by atoms with E-state index in [4.69, 9.17) is 5.11 Å². The summed E-state index contributed by atoms with van der Waals surface area (Å²) in [7, 11) is 0. The molecule has 0 radical (unpaired) electrons. The van der Waals surface area contributed by atoms with E-state index in [1.54, 1.807) is 6.92 Å². The highest BCUT2D eigenvalue weighted by molar-refractivity contribution is 7.15. The average Bonchev–Trinajstić information content (AvgIpc) is 2.71. The summed E-state index contributed by atoms with van der Waals surface area (Å²) in [5.41, 5.74) is 1.84. The van der Waals surface area contributed by atoms with E-state index < -0.39 is 11.9 Å². The molecule has 1 unspecified atom stereocenters. The molecule has 4 heteroatoms. The summed E-state index contributed by atoms with van der Waals surface area (Å²) in [6, 6.07) is 9.81. The first-order chi connectivity index (χ1) is 8.09. The lowest BCUT2D eigenvalue weighted by Gasteiger charge is -2.02. The molecule has 0 bridgehead atoms. The number of carbonyl (C=O) groups is 1. The molecule has 17 heavy (non-hydrogen) atoms. The van der Waals surface area contributed by atoms with Gasteiger partial charge >= 0.3 is 5.97 Å². The lowest BCUT2D eigenvalue weighted by molar-refractivity contribution is -0.138. The molecule has 0 aliphatic heterocycles. The minimum atomic E-state index is -0.809. The lowest BCUT2D eigenvalue weighted by Crippen LogP contribution is -2.06. The van der Waals surface area contributed by atoms with Crippen LogP contribution in [0.25, 0.3) is 10.6 Å². The number of nitrogens with zero attached hydrogens (tertiary/aromatic N) is 1. The molecule has 88 valence electrons. The number of aliphatic carboxylic acids is 1. The van der Waals surface area contributed by atoms with Gasteiger partial charge in [-0.05, 0) is 13.8 Å². The molecule has 0 spiro atoms. The summed E-state index contributed by atoms with van der Waals surface area (Å²) in [6.45, 7) is 3.55. The zero-order valence-electron chi connectivity index (χ0n) is 9.68. The zero-order valence-corrected chi connectivity index (χ0v) is 10.5. The monoisotopic (exact) mass is 247 g/mol. The van der Waals surface area contributed by atoms with Gasteiger partial charge in [-0.3, -0.25) is 4.79 Å². The number of aryl methyl sites for hydroxylation is 1. The van der Waals surface area contributed by atoms with Crippen molar-refractivity contribution < 1.29 is 9.90 Å². The Morgan fingerprint density at radius 3 is 2.59 bits per heavy atom. The van der Waals surface area contributed by atoms with Crippen molar-refractivity contribution in [3.63, 3.8) is 0 Å². The number of carboxylic acids is 1. The van der Waals surface area contributed by atoms with E-state index in [1.807, 2.05) is 37.3 Å². The molecule has 2 aromatic rings. The van der Waals surface area contributed by atoms with Gasteiger partial charge in [0.15, 0.2) is 0 Å². The average molecular weight is 247 g/mol. The van der Waals surface area contributed by atoms with E-state index in [0.717, 1.165) is 21.1 Å². The van der Waals surface area contributed by atoms with Crippen molar-refractivity contribution in [2.75, 3.05) is 0 Å². The van der Waals surface area contributed by atoms with E-state index in [9.17, 15) is 4.79 Å². The Labute approximate surface area is 104 Å². The summed E-state index contributed by atoms with van der Waals surface area (Å²) in [4.78, 5) is 16.2. The molecule has 1 heterocycles. The molecule has 0 saturated heterocycles. The quantitative estimate of drug-likeness (QED) is 0.905. The Hall–Kier alpha value is -1.68. The zero-order chi connectivity index (χ0) is 12.4. The third-order valence-electron chi connectivity index (χ3n) is 2.62. The third-order valence-corrected chi connectivity index (χ3v) is 4.01. The molecule has 1 aromatic heterocycles. The maximum absolute atomic E-state index is 11.0. The minimum Gasteiger partial charge on any atom is -0.481 e. The van der Waals surface area contributed by atoms with Gasteiger partial charge in [0, 0.05) is 10.4 Å². The first-order valence-corrected chi connectivity index (χ1v) is 6.17. The van der Waals surface area contributed by atoms with E-state index >= 15 is 0 Å². The van der Waals surface area contributed by atoms with Crippen molar-refractivity contribution in [1.29, 1.82) is 0 Å². The predicted octanol–water partition coefficient (Wildman–Crippen LogP) is 3.31. The van der Waals surface area contributed by atoms with E-state index in [1.165, 1.54) is 11.3 Å². The number of carboxylic acid groups (broad SMARTS) is 1. The largest absolute Gasteiger partial charge is 0.481 e. The third kappa shape index (κ3) is 2.36. The van der Waals surface area contributed by atoms with Gasteiger partial charge in [-0.15, -0.1) is 11.3 Å². The molecule has 0 aliphatic rings. The fourth-order valence-electron chi connectivity index (χ4n) is 1.63. The summed E-state index contributed by atoms with van der Waals surface area (Å²) in [5.74, 6) is -1.30.